The van der Waals surface area contributed by atoms with Crippen molar-refractivity contribution >= 4 is 40.6 Å². The fourth-order valence-corrected chi connectivity index (χ4v) is 4.56. The number of carbonyl (C=O) groups is 3. The lowest BCUT2D eigenvalue weighted by Crippen LogP contribution is -2.57. The molecule has 2 aromatic rings. The highest BCUT2D eigenvalue weighted by Crippen LogP contribution is 2.35. The molecule has 184 valence electrons. The normalized spacial score (nSPS) is 22.1. The molecule has 0 saturated carbocycles. The number of hydrogen-bond acceptors (Lipinski definition) is 13. The van der Waals surface area contributed by atoms with Crippen LogP contribution in [0.1, 0.15) is 5.56 Å². The summed E-state index contributed by atoms with van der Waals surface area (Å²) in [6, 6.07) is 6.27. The number of thioether (sulfide) groups is 1. The van der Waals surface area contributed by atoms with Crippen molar-refractivity contribution in [2.75, 3.05) is 25.4 Å². The first-order chi connectivity index (χ1) is 16.2. The van der Waals surface area contributed by atoms with E-state index < -0.39 is 66.9 Å². The zero-order valence-electron chi connectivity index (χ0n) is 18.3. The van der Waals surface area contributed by atoms with Crippen LogP contribution in [0.2, 0.25) is 0 Å². The molecule has 1 aromatic carbocycles. The van der Waals surface area contributed by atoms with Crippen molar-refractivity contribution in [3.8, 4) is 5.75 Å². The minimum atomic E-state index is -1.23. The van der Waals surface area contributed by atoms with Crippen molar-refractivity contribution in [3.05, 3.63) is 40.2 Å². The standard InChI is InChI=1S/C21H25N3O9S/c1-10-4-15(25)30-13-5-11(2-3-12(10)13)29-21-20(33-18(28)8-24)19(32-17(27)7-23)14(9-34-21)31-16(26)6-22/h2-5,14,19-21H,6-9,22-24H2,1H3/t14-,19+,20-,21-/m1/s1. The zero-order chi connectivity index (χ0) is 24.8. The molecule has 4 atom stereocenters. The molecule has 13 heteroatoms. The summed E-state index contributed by atoms with van der Waals surface area (Å²) in [4.78, 5) is 47.6. The largest absolute Gasteiger partial charge is 0.476 e. The van der Waals surface area contributed by atoms with E-state index in [1.165, 1.54) is 12.1 Å². The van der Waals surface area contributed by atoms with E-state index in [9.17, 15) is 19.2 Å². The molecular weight excluding hydrogens is 470 g/mol. The minimum Gasteiger partial charge on any atom is -0.476 e. The molecule has 0 spiro atoms. The molecule has 0 aliphatic carbocycles. The van der Waals surface area contributed by atoms with Crippen LogP contribution in [0.25, 0.3) is 11.0 Å². The fourth-order valence-electron chi connectivity index (χ4n) is 3.34. The Labute approximate surface area is 198 Å². The molecule has 0 bridgehead atoms. The second-order valence-corrected chi connectivity index (χ2v) is 8.41. The predicted octanol–water partition coefficient (Wildman–Crippen LogP) is -0.835. The second-order valence-electron chi connectivity index (χ2n) is 7.28. The van der Waals surface area contributed by atoms with Gasteiger partial charge in [-0.3, -0.25) is 14.4 Å². The zero-order valence-corrected chi connectivity index (χ0v) is 19.1. The number of benzene rings is 1. The van der Waals surface area contributed by atoms with Gasteiger partial charge in [-0.15, -0.1) is 11.8 Å². The third kappa shape index (κ3) is 6.05. The number of fused-ring (bicyclic) bond motifs is 1. The van der Waals surface area contributed by atoms with Crippen molar-refractivity contribution in [2.45, 2.75) is 30.7 Å². The fraction of sp³-hybridized carbons (Fsp3) is 0.429. The van der Waals surface area contributed by atoms with Gasteiger partial charge in [-0.05, 0) is 24.6 Å². The van der Waals surface area contributed by atoms with Crippen LogP contribution in [0.3, 0.4) is 0 Å². The van der Waals surface area contributed by atoms with Gasteiger partial charge in [0, 0.05) is 23.3 Å². The van der Waals surface area contributed by atoms with Crippen molar-refractivity contribution in [1.29, 1.82) is 0 Å². The number of hydrogen-bond donors (Lipinski definition) is 3. The first-order valence-electron chi connectivity index (χ1n) is 10.3. The summed E-state index contributed by atoms with van der Waals surface area (Å²) in [7, 11) is 0. The van der Waals surface area contributed by atoms with E-state index in [1.54, 1.807) is 19.1 Å². The van der Waals surface area contributed by atoms with E-state index >= 15 is 0 Å². The number of aryl methyl sites for hydroxylation is 1. The van der Waals surface area contributed by atoms with Crippen LogP contribution >= 0.6 is 11.8 Å². The van der Waals surface area contributed by atoms with Crippen LogP contribution < -0.4 is 27.6 Å². The molecule has 34 heavy (non-hydrogen) atoms. The molecule has 0 amide bonds. The van der Waals surface area contributed by atoms with Crippen LogP contribution in [0.5, 0.6) is 5.75 Å². The summed E-state index contributed by atoms with van der Waals surface area (Å²) < 4.78 is 27.4. The van der Waals surface area contributed by atoms with Gasteiger partial charge in [0.05, 0.1) is 19.6 Å². The van der Waals surface area contributed by atoms with E-state index in [1.807, 2.05) is 0 Å². The summed E-state index contributed by atoms with van der Waals surface area (Å²) in [5.41, 5.74) is 15.7. The topological polar surface area (TPSA) is 196 Å². The summed E-state index contributed by atoms with van der Waals surface area (Å²) in [5, 5.41) is 0.720. The number of esters is 3. The maximum absolute atomic E-state index is 12.1. The van der Waals surface area contributed by atoms with Crippen LogP contribution in [0.4, 0.5) is 0 Å². The van der Waals surface area contributed by atoms with Gasteiger partial charge in [-0.1, -0.05) is 0 Å². The summed E-state index contributed by atoms with van der Waals surface area (Å²) >= 11 is 1.16. The Kier molecular flexibility index (Phi) is 8.50. The van der Waals surface area contributed by atoms with Gasteiger partial charge < -0.3 is 40.6 Å². The molecule has 3 rings (SSSR count). The molecule has 0 radical (unpaired) electrons. The van der Waals surface area contributed by atoms with Crippen molar-refractivity contribution in [1.82, 2.24) is 0 Å². The first kappa shape index (κ1) is 25.5. The lowest BCUT2D eigenvalue weighted by atomic mass is 10.1. The molecule has 1 aliphatic heterocycles. The number of nitrogens with two attached hydrogens (primary N) is 3. The van der Waals surface area contributed by atoms with Gasteiger partial charge in [-0.2, -0.15) is 0 Å². The van der Waals surface area contributed by atoms with Crippen molar-refractivity contribution in [3.63, 3.8) is 0 Å². The highest BCUT2D eigenvalue weighted by atomic mass is 32.2. The van der Waals surface area contributed by atoms with Gasteiger partial charge in [-0.25, -0.2) is 4.79 Å². The highest BCUT2D eigenvalue weighted by molar-refractivity contribution is 7.99. The van der Waals surface area contributed by atoms with E-state index in [4.69, 9.17) is 40.6 Å². The molecule has 6 N–H and O–H groups in total. The summed E-state index contributed by atoms with van der Waals surface area (Å²) in [6.07, 6.45) is -3.42. The Morgan fingerprint density at radius 1 is 0.971 bits per heavy atom. The van der Waals surface area contributed by atoms with Crippen LogP contribution in [-0.2, 0) is 28.6 Å². The van der Waals surface area contributed by atoms with E-state index in [2.05, 4.69) is 0 Å². The monoisotopic (exact) mass is 495 g/mol. The average Bonchev–Trinajstić information content (AvgIpc) is 2.81. The Hall–Kier alpha value is -3.13. The number of ether oxygens (including phenoxy) is 4. The average molecular weight is 496 g/mol. The molecule has 2 heterocycles. The molecule has 0 unspecified atom stereocenters. The van der Waals surface area contributed by atoms with Gasteiger partial charge in [0.15, 0.2) is 23.7 Å². The molecule has 1 fully saturated rings. The SMILES string of the molecule is Cc1cc(=O)oc2cc(O[C@@H]3SC[C@@H](OC(=O)CN)[C@H](OC(=O)CN)[C@H]3OC(=O)CN)ccc12. The molecule has 12 nitrogen and oxygen atoms in total. The van der Waals surface area contributed by atoms with E-state index in [-0.39, 0.29) is 5.75 Å². The molecule has 1 saturated heterocycles. The lowest BCUT2D eigenvalue weighted by molar-refractivity contribution is -0.187. The smallest absolute Gasteiger partial charge is 0.336 e. The van der Waals surface area contributed by atoms with E-state index in [0.717, 1.165) is 22.7 Å². The third-order valence-electron chi connectivity index (χ3n) is 4.88. The van der Waals surface area contributed by atoms with Crippen molar-refractivity contribution < 1.29 is 37.7 Å². The maximum Gasteiger partial charge on any atom is 0.336 e. The Balaban J connectivity index is 1.93. The minimum absolute atomic E-state index is 0.136. The summed E-state index contributed by atoms with van der Waals surface area (Å²) in [5.74, 6) is -1.89. The molecule has 1 aliphatic rings. The Morgan fingerprint density at radius 3 is 2.24 bits per heavy atom. The quantitative estimate of drug-likeness (QED) is 0.233. The van der Waals surface area contributed by atoms with E-state index in [0.29, 0.717) is 11.3 Å². The highest BCUT2D eigenvalue weighted by Gasteiger charge is 2.48. The maximum atomic E-state index is 12.1. The first-order valence-corrected chi connectivity index (χ1v) is 11.3. The van der Waals surface area contributed by atoms with Gasteiger partial charge in [0.2, 0.25) is 0 Å². The lowest BCUT2D eigenvalue weighted by Gasteiger charge is -2.40. The molecule has 1 aromatic heterocycles. The van der Waals surface area contributed by atoms with Gasteiger partial charge >= 0.3 is 23.5 Å². The van der Waals surface area contributed by atoms with Crippen LogP contribution in [0, 0.1) is 6.92 Å². The number of carbonyl (C=O) groups excluding carboxylic acids is 3. The van der Waals surface area contributed by atoms with Gasteiger partial charge in [0.25, 0.3) is 0 Å². The van der Waals surface area contributed by atoms with Gasteiger partial charge in [0.1, 0.15) is 11.3 Å². The summed E-state index contributed by atoms with van der Waals surface area (Å²) in [6.45, 7) is 0.484. The second kappa shape index (κ2) is 11.3. The Morgan fingerprint density at radius 2 is 1.59 bits per heavy atom. The molecular formula is C21H25N3O9S. The van der Waals surface area contributed by atoms with Crippen LogP contribution in [0.15, 0.2) is 33.5 Å². The van der Waals surface area contributed by atoms with Crippen LogP contribution in [-0.4, -0.2) is 67.0 Å². The van der Waals surface area contributed by atoms with Crippen molar-refractivity contribution in [2.24, 2.45) is 17.2 Å². The predicted molar refractivity (Wildman–Crippen MR) is 121 cm³/mol. The third-order valence-corrected chi connectivity index (χ3v) is 6.09. The Bertz CT molecular complexity index is 1120. The number of rotatable bonds is 8.